The lowest BCUT2D eigenvalue weighted by molar-refractivity contribution is -0.121. The van der Waals surface area contributed by atoms with Crippen LogP contribution in [0.4, 0.5) is 16.5 Å². The smallest absolute Gasteiger partial charge is 0.233 e. The Labute approximate surface area is 166 Å². The normalized spacial score (nSPS) is 15.3. The number of aromatic nitrogens is 2. The zero-order chi connectivity index (χ0) is 19.2. The first kappa shape index (κ1) is 19.6. The highest BCUT2D eigenvalue weighted by molar-refractivity contribution is 8.02. The lowest BCUT2D eigenvalue weighted by atomic mass is 10.2. The molecule has 1 fully saturated rings. The van der Waals surface area contributed by atoms with E-state index in [1.165, 1.54) is 42.9 Å². The van der Waals surface area contributed by atoms with E-state index in [0.29, 0.717) is 16.9 Å². The summed E-state index contributed by atoms with van der Waals surface area (Å²) >= 11 is 2.81. The summed E-state index contributed by atoms with van der Waals surface area (Å²) in [4.78, 5) is 23.5. The number of hydrogen-bond donors (Lipinski definition) is 3. The van der Waals surface area contributed by atoms with E-state index in [2.05, 4.69) is 26.1 Å². The van der Waals surface area contributed by atoms with Crippen molar-refractivity contribution in [3.63, 3.8) is 0 Å². The number of carbonyl (C=O) groups excluding carboxylic acids is 2. The molecular weight excluding hydrogens is 382 g/mol. The fourth-order valence-electron chi connectivity index (χ4n) is 2.90. The van der Waals surface area contributed by atoms with Gasteiger partial charge in [-0.1, -0.05) is 42.0 Å². The minimum Gasteiger partial charge on any atom is -0.352 e. The van der Waals surface area contributed by atoms with Gasteiger partial charge in [0, 0.05) is 24.3 Å². The highest BCUT2D eigenvalue weighted by Gasteiger charge is 2.22. The van der Waals surface area contributed by atoms with Gasteiger partial charge in [0.15, 0.2) is 4.34 Å². The second kappa shape index (κ2) is 9.18. The molecule has 1 aromatic carbocycles. The number of benzene rings is 1. The summed E-state index contributed by atoms with van der Waals surface area (Å²) < 4.78 is 0.740. The lowest BCUT2D eigenvalue weighted by Gasteiger charge is -2.15. The first-order valence-electron chi connectivity index (χ1n) is 8.95. The van der Waals surface area contributed by atoms with Crippen LogP contribution in [0.25, 0.3) is 0 Å². The average molecular weight is 406 g/mol. The van der Waals surface area contributed by atoms with Crippen molar-refractivity contribution in [2.45, 2.75) is 55.2 Å². The van der Waals surface area contributed by atoms with Gasteiger partial charge in [0.1, 0.15) is 0 Å². The summed E-state index contributed by atoms with van der Waals surface area (Å²) in [5.74, 6) is -0.0637. The van der Waals surface area contributed by atoms with Gasteiger partial charge in [0.05, 0.1) is 5.25 Å². The first-order valence-corrected chi connectivity index (χ1v) is 10.6. The molecule has 3 N–H and O–H groups in total. The van der Waals surface area contributed by atoms with Gasteiger partial charge in [-0.25, -0.2) is 0 Å². The predicted molar refractivity (Wildman–Crippen MR) is 110 cm³/mol. The highest BCUT2D eigenvalue weighted by Crippen LogP contribution is 2.31. The number of nitrogens with zero attached hydrogens (tertiary/aromatic N) is 2. The van der Waals surface area contributed by atoms with Crippen molar-refractivity contribution in [3.05, 3.63) is 24.3 Å². The van der Waals surface area contributed by atoms with Gasteiger partial charge in [-0.2, -0.15) is 0 Å². The number of amides is 2. The summed E-state index contributed by atoms with van der Waals surface area (Å²) in [5.41, 5.74) is 1.52. The van der Waals surface area contributed by atoms with Crippen LogP contribution in [0.3, 0.4) is 0 Å². The summed E-state index contributed by atoms with van der Waals surface area (Å²) in [7, 11) is 0. The number of anilines is 3. The van der Waals surface area contributed by atoms with Gasteiger partial charge in [0.25, 0.3) is 0 Å². The minimum atomic E-state index is -0.213. The van der Waals surface area contributed by atoms with Crippen LogP contribution in [0.5, 0.6) is 0 Å². The van der Waals surface area contributed by atoms with Gasteiger partial charge < -0.3 is 16.0 Å². The molecule has 0 saturated heterocycles. The quantitative estimate of drug-likeness (QED) is 0.607. The zero-order valence-electron chi connectivity index (χ0n) is 15.3. The van der Waals surface area contributed by atoms with Crippen LogP contribution in [0.15, 0.2) is 28.6 Å². The summed E-state index contributed by atoms with van der Waals surface area (Å²) in [5, 5.41) is 17.8. The molecule has 0 radical (unpaired) electrons. The summed E-state index contributed by atoms with van der Waals surface area (Å²) in [6, 6.07) is 7.70. The third-order valence-electron chi connectivity index (χ3n) is 4.19. The van der Waals surface area contributed by atoms with Crippen molar-refractivity contribution in [3.8, 4) is 0 Å². The van der Waals surface area contributed by atoms with E-state index in [-0.39, 0.29) is 17.1 Å². The molecule has 7 nitrogen and oxygen atoms in total. The molecule has 0 spiro atoms. The monoisotopic (exact) mass is 405 g/mol. The van der Waals surface area contributed by atoms with E-state index >= 15 is 0 Å². The number of carbonyl (C=O) groups is 2. The summed E-state index contributed by atoms with van der Waals surface area (Å²) in [6.07, 6.45) is 4.54. The molecule has 2 amide bonds. The average Bonchev–Trinajstić information content (AvgIpc) is 3.27. The molecule has 2 aromatic rings. The second-order valence-electron chi connectivity index (χ2n) is 6.51. The van der Waals surface area contributed by atoms with Crippen LogP contribution >= 0.6 is 23.1 Å². The largest absolute Gasteiger partial charge is 0.352 e. The van der Waals surface area contributed by atoms with E-state index in [1.807, 2.05) is 31.2 Å². The van der Waals surface area contributed by atoms with Gasteiger partial charge in [-0.3, -0.25) is 9.59 Å². The van der Waals surface area contributed by atoms with Crippen LogP contribution < -0.4 is 16.0 Å². The molecule has 1 unspecified atom stereocenters. The number of hydrogen-bond acceptors (Lipinski definition) is 7. The number of thioether (sulfide) groups is 1. The van der Waals surface area contributed by atoms with E-state index in [1.54, 1.807) is 0 Å². The first-order chi connectivity index (χ1) is 13.0. The Hall–Kier alpha value is -2.13. The van der Waals surface area contributed by atoms with E-state index < -0.39 is 0 Å². The Balaban J connectivity index is 1.55. The van der Waals surface area contributed by atoms with Crippen molar-refractivity contribution >= 4 is 51.4 Å². The van der Waals surface area contributed by atoms with Gasteiger partial charge in [-0.15, -0.1) is 10.2 Å². The van der Waals surface area contributed by atoms with Crippen LogP contribution in [-0.2, 0) is 9.59 Å². The Kier molecular flexibility index (Phi) is 6.68. The van der Waals surface area contributed by atoms with Crippen molar-refractivity contribution in [2.75, 3.05) is 10.6 Å². The molecule has 1 aromatic heterocycles. The molecule has 3 rings (SSSR count). The highest BCUT2D eigenvalue weighted by atomic mass is 32.2. The Bertz CT molecular complexity index is 805. The van der Waals surface area contributed by atoms with Crippen LogP contribution in [0.2, 0.25) is 0 Å². The molecule has 1 saturated carbocycles. The summed E-state index contributed by atoms with van der Waals surface area (Å²) in [6.45, 7) is 3.36. The predicted octanol–water partition coefficient (Wildman–Crippen LogP) is 3.78. The molecule has 27 heavy (non-hydrogen) atoms. The fraction of sp³-hybridized carbons (Fsp3) is 0.444. The SMILES string of the molecule is CC(=O)Nc1cccc(Nc2nnc(SC(C)C(=O)NC3CCCC3)s2)c1. The minimum absolute atomic E-state index is 0.0552. The molecule has 1 aliphatic carbocycles. The fourth-order valence-corrected chi connectivity index (χ4v) is 4.83. The van der Waals surface area contributed by atoms with Crippen molar-refractivity contribution in [1.82, 2.24) is 15.5 Å². The third kappa shape index (κ3) is 5.93. The van der Waals surface area contributed by atoms with Gasteiger partial charge in [0.2, 0.25) is 16.9 Å². The molecule has 1 aliphatic rings. The van der Waals surface area contributed by atoms with Crippen molar-refractivity contribution in [2.24, 2.45) is 0 Å². The van der Waals surface area contributed by atoms with Crippen LogP contribution in [0, 0.1) is 0 Å². The van der Waals surface area contributed by atoms with Crippen molar-refractivity contribution < 1.29 is 9.59 Å². The standard InChI is InChI=1S/C18H23N5O2S2/c1-11(16(25)20-13-6-3-4-7-13)26-18-23-22-17(27-18)21-15-9-5-8-14(10-15)19-12(2)24/h5,8-11,13H,3-4,6-7H2,1-2H3,(H,19,24)(H,20,25)(H,21,22). The van der Waals surface area contributed by atoms with Crippen molar-refractivity contribution in [1.29, 1.82) is 0 Å². The van der Waals surface area contributed by atoms with Gasteiger partial charge in [-0.05, 0) is 38.0 Å². The maximum atomic E-state index is 12.3. The van der Waals surface area contributed by atoms with E-state index in [4.69, 9.17) is 0 Å². The molecule has 9 heteroatoms. The lowest BCUT2D eigenvalue weighted by Crippen LogP contribution is -2.37. The number of nitrogens with one attached hydrogen (secondary N) is 3. The van der Waals surface area contributed by atoms with Gasteiger partial charge >= 0.3 is 0 Å². The zero-order valence-corrected chi connectivity index (χ0v) is 17.0. The number of rotatable bonds is 7. The molecule has 1 heterocycles. The Morgan fingerprint density at radius 2 is 1.96 bits per heavy atom. The molecule has 1 atom stereocenters. The third-order valence-corrected chi connectivity index (χ3v) is 6.21. The van der Waals surface area contributed by atoms with Crippen LogP contribution in [-0.4, -0.2) is 33.3 Å². The Morgan fingerprint density at radius 1 is 1.22 bits per heavy atom. The molecular formula is C18H23N5O2S2. The topological polar surface area (TPSA) is 96.0 Å². The maximum Gasteiger partial charge on any atom is 0.233 e. The molecule has 0 bridgehead atoms. The van der Waals surface area contributed by atoms with Crippen LogP contribution in [0.1, 0.15) is 39.5 Å². The molecule has 0 aliphatic heterocycles. The van der Waals surface area contributed by atoms with E-state index in [9.17, 15) is 9.59 Å². The Morgan fingerprint density at radius 3 is 2.70 bits per heavy atom. The molecule has 144 valence electrons. The maximum absolute atomic E-state index is 12.3. The van der Waals surface area contributed by atoms with E-state index in [0.717, 1.165) is 22.9 Å². The second-order valence-corrected chi connectivity index (χ2v) is 9.08.